The summed E-state index contributed by atoms with van der Waals surface area (Å²) in [7, 11) is 0. The SMILES string of the molecule is CCc1nn(CC)c(CC2=CC(Cl)CCCC2)c1Cl. The van der Waals surface area contributed by atoms with E-state index in [9.17, 15) is 0 Å². The van der Waals surface area contributed by atoms with Gasteiger partial charge >= 0.3 is 0 Å². The summed E-state index contributed by atoms with van der Waals surface area (Å²) in [5.41, 5.74) is 3.57. The number of hydrogen-bond donors (Lipinski definition) is 0. The Morgan fingerprint density at radius 1 is 1.37 bits per heavy atom. The van der Waals surface area contributed by atoms with Gasteiger partial charge in [-0.2, -0.15) is 5.10 Å². The summed E-state index contributed by atoms with van der Waals surface area (Å²) in [6.07, 6.45) is 8.67. The second kappa shape index (κ2) is 6.81. The Morgan fingerprint density at radius 2 is 2.16 bits per heavy atom. The highest BCUT2D eigenvalue weighted by Crippen LogP contribution is 2.28. The molecule has 1 aromatic rings. The lowest BCUT2D eigenvalue weighted by molar-refractivity contribution is 0.616. The lowest BCUT2D eigenvalue weighted by Crippen LogP contribution is -2.05. The van der Waals surface area contributed by atoms with E-state index >= 15 is 0 Å². The van der Waals surface area contributed by atoms with Crippen molar-refractivity contribution >= 4 is 23.2 Å². The van der Waals surface area contributed by atoms with Crippen LogP contribution in [0.2, 0.25) is 5.02 Å². The smallest absolute Gasteiger partial charge is 0.0853 e. The number of allylic oxidation sites excluding steroid dienone is 2. The Balaban J connectivity index is 2.24. The Hall–Kier alpha value is -0.470. The van der Waals surface area contributed by atoms with Crippen LogP contribution >= 0.6 is 23.2 Å². The first-order chi connectivity index (χ1) is 9.15. The van der Waals surface area contributed by atoms with E-state index < -0.39 is 0 Å². The molecular formula is C15H22Cl2N2. The number of rotatable bonds is 4. The molecule has 0 radical (unpaired) electrons. The molecule has 2 rings (SSSR count). The number of halogens is 2. The largest absolute Gasteiger partial charge is 0.268 e. The highest BCUT2D eigenvalue weighted by Gasteiger charge is 2.17. The number of hydrogen-bond acceptors (Lipinski definition) is 1. The molecule has 1 aliphatic rings. The second-order valence-electron chi connectivity index (χ2n) is 5.14. The zero-order chi connectivity index (χ0) is 13.8. The normalized spacial score (nSPS) is 20.2. The van der Waals surface area contributed by atoms with Gasteiger partial charge in [-0.1, -0.05) is 36.6 Å². The van der Waals surface area contributed by atoms with Crippen molar-refractivity contribution in [1.82, 2.24) is 9.78 Å². The maximum atomic E-state index is 6.46. The molecule has 1 heterocycles. The van der Waals surface area contributed by atoms with Gasteiger partial charge in [0.05, 0.1) is 21.8 Å². The van der Waals surface area contributed by atoms with Crippen molar-refractivity contribution in [2.24, 2.45) is 0 Å². The Labute approximate surface area is 125 Å². The van der Waals surface area contributed by atoms with Gasteiger partial charge in [-0.15, -0.1) is 11.6 Å². The lowest BCUT2D eigenvalue weighted by Gasteiger charge is -2.09. The zero-order valence-electron chi connectivity index (χ0n) is 11.8. The quantitative estimate of drug-likeness (QED) is 0.578. The summed E-state index contributed by atoms with van der Waals surface area (Å²) in [4.78, 5) is 0. The molecule has 0 N–H and O–H groups in total. The molecule has 106 valence electrons. The Bertz CT molecular complexity index is 463. The van der Waals surface area contributed by atoms with Crippen LogP contribution in [0.1, 0.15) is 50.9 Å². The van der Waals surface area contributed by atoms with Crippen LogP contribution in [0.5, 0.6) is 0 Å². The molecule has 0 fully saturated rings. The second-order valence-corrected chi connectivity index (χ2v) is 6.08. The van der Waals surface area contributed by atoms with Crippen LogP contribution in [0.4, 0.5) is 0 Å². The molecule has 1 aromatic heterocycles. The summed E-state index contributed by atoms with van der Waals surface area (Å²) in [5.74, 6) is 0. The third kappa shape index (κ3) is 3.55. The third-order valence-electron chi connectivity index (χ3n) is 3.73. The highest BCUT2D eigenvalue weighted by atomic mass is 35.5. The third-order valence-corrected chi connectivity index (χ3v) is 4.51. The van der Waals surface area contributed by atoms with E-state index in [0.29, 0.717) is 0 Å². The van der Waals surface area contributed by atoms with Crippen LogP contribution in [0.15, 0.2) is 11.6 Å². The molecule has 2 nitrogen and oxygen atoms in total. The van der Waals surface area contributed by atoms with Gasteiger partial charge in [0.2, 0.25) is 0 Å². The molecule has 0 bridgehead atoms. The minimum atomic E-state index is 0.180. The summed E-state index contributed by atoms with van der Waals surface area (Å²) in [5, 5.41) is 5.61. The van der Waals surface area contributed by atoms with Crippen LogP contribution in [0, 0.1) is 0 Å². The van der Waals surface area contributed by atoms with Crippen molar-refractivity contribution < 1.29 is 0 Å². The zero-order valence-corrected chi connectivity index (χ0v) is 13.3. The lowest BCUT2D eigenvalue weighted by atomic mass is 10.0. The molecule has 0 spiro atoms. The molecular weight excluding hydrogens is 279 g/mol. The fourth-order valence-electron chi connectivity index (χ4n) is 2.66. The predicted molar refractivity (Wildman–Crippen MR) is 82.2 cm³/mol. The molecule has 1 aliphatic carbocycles. The van der Waals surface area contributed by atoms with Crippen LogP contribution in [0.25, 0.3) is 0 Å². The topological polar surface area (TPSA) is 17.8 Å². The van der Waals surface area contributed by atoms with Crippen molar-refractivity contribution in [3.63, 3.8) is 0 Å². The first-order valence-electron chi connectivity index (χ1n) is 7.23. The van der Waals surface area contributed by atoms with Crippen LogP contribution in [-0.2, 0) is 19.4 Å². The monoisotopic (exact) mass is 300 g/mol. The summed E-state index contributed by atoms with van der Waals surface area (Å²) in [6, 6.07) is 0. The molecule has 19 heavy (non-hydrogen) atoms. The maximum absolute atomic E-state index is 6.46. The minimum absolute atomic E-state index is 0.180. The predicted octanol–water partition coefficient (Wildman–Crippen LogP) is 4.77. The Morgan fingerprint density at radius 3 is 2.84 bits per heavy atom. The van der Waals surface area contributed by atoms with Crippen LogP contribution in [0.3, 0.4) is 0 Å². The van der Waals surface area contributed by atoms with Crippen molar-refractivity contribution in [3.05, 3.63) is 28.1 Å². The van der Waals surface area contributed by atoms with Gasteiger partial charge in [0, 0.05) is 13.0 Å². The first-order valence-corrected chi connectivity index (χ1v) is 8.04. The first kappa shape index (κ1) is 14.9. The minimum Gasteiger partial charge on any atom is -0.268 e. The van der Waals surface area contributed by atoms with Crippen LogP contribution in [-0.4, -0.2) is 15.2 Å². The van der Waals surface area contributed by atoms with Gasteiger partial charge in [0.15, 0.2) is 0 Å². The highest BCUT2D eigenvalue weighted by molar-refractivity contribution is 6.32. The van der Waals surface area contributed by atoms with Crippen molar-refractivity contribution in [3.8, 4) is 0 Å². The maximum Gasteiger partial charge on any atom is 0.0853 e. The van der Waals surface area contributed by atoms with E-state index in [2.05, 4.69) is 25.0 Å². The molecule has 0 saturated carbocycles. The van der Waals surface area contributed by atoms with Gasteiger partial charge in [-0.3, -0.25) is 4.68 Å². The summed E-state index contributed by atoms with van der Waals surface area (Å²) >= 11 is 12.8. The standard InChI is InChI=1S/C15H22Cl2N2/c1-3-13-15(17)14(19(4-2)18-13)10-11-7-5-6-8-12(16)9-11/h9,12H,3-8,10H2,1-2H3. The molecule has 0 aromatic carbocycles. The summed E-state index contributed by atoms with van der Waals surface area (Å²) in [6.45, 7) is 5.07. The van der Waals surface area contributed by atoms with Gasteiger partial charge < -0.3 is 0 Å². The van der Waals surface area contributed by atoms with Gasteiger partial charge in [0.1, 0.15) is 0 Å². The number of aromatic nitrogens is 2. The molecule has 0 saturated heterocycles. The number of nitrogens with zero attached hydrogens (tertiary/aromatic N) is 2. The number of aryl methyl sites for hydroxylation is 2. The van der Waals surface area contributed by atoms with E-state index in [-0.39, 0.29) is 5.38 Å². The van der Waals surface area contributed by atoms with E-state index in [1.165, 1.54) is 18.4 Å². The summed E-state index contributed by atoms with van der Waals surface area (Å²) < 4.78 is 2.04. The molecule has 4 heteroatoms. The molecule has 0 amide bonds. The fraction of sp³-hybridized carbons (Fsp3) is 0.667. The van der Waals surface area contributed by atoms with Gasteiger partial charge in [-0.25, -0.2) is 0 Å². The van der Waals surface area contributed by atoms with Crippen LogP contribution < -0.4 is 0 Å². The molecule has 0 aliphatic heterocycles. The number of alkyl halides is 1. The van der Waals surface area contributed by atoms with E-state index in [1.54, 1.807) is 0 Å². The average Bonchev–Trinajstić information content (AvgIpc) is 2.57. The average molecular weight is 301 g/mol. The molecule has 1 unspecified atom stereocenters. The van der Waals surface area contributed by atoms with Crippen molar-refractivity contribution in [2.75, 3.05) is 0 Å². The van der Waals surface area contributed by atoms with E-state index in [4.69, 9.17) is 23.2 Å². The fourth-order valence-corrected chi connectivity index (χ4v) is 3.33. The van der Waals surface area contributed by atoms with E-state index in [1.807, 2.05) is 4.68 Å². The van der Waals surface area contributed by atoms with Crippen molar-refractivity contribution in [2.45, 2.75) is 64.3 Å². The van der Waals surface area contributed by atoms with Crippen molar-refractivity contribution in [1.29, 1.82) is 0 Å². The molecule has 1 atom stereocenters. The van der Waals surface area contributed by atoms with Gasteiger partial charge in [-0.05, 0) is 32.6 Å². The Kier molecular flexibility index (Phi) is 5.35. The van der Waals surface area contributed by atoms with E-state index in [0.717, 1.165) is 48.6 Å². The van der Waals surface area contributed by atoms with Gasteiger partial charge in [0.25, 0.3) is 0 Å².